The van der Waals surface area contributed by atoms with Gasteiger partial charge in [0.25, 0.3) is 5.56 Å². The summed E-state index contributed by atoms with van der Waals surface area (Å²) >= 11 is 0. The molecule has 15 heteroatoms. The van der Waals surface area contributed by atoms with Gasteiger partial charge >= 0.3 is 19.4 Å². The molecule has 3 rings (SSSR count). The third-order valence-corrected chi connectivity index (χ3v) is 6.80. The lowest BCUT2D eigenvalue weighted by Gasteiger charge is -2.25. The van der Waals surface area contributed by atoms with E-state index < -0.39 is 73.9 Å². The molecule has 0 amide bonds. The molecule has 0 spiro atoms. The van der Waals surface area contributed by atoms with Gasteiger partial charge in [-0.05, 0) is 32.9 Å². The molecule has 2 heterocycles. The Bertz CT molecular complexity index is 1310. The third kappa shape index (κ3) is 6.91. The molecular weight excluding hydrogens is 514 g/mol. The number of nitriles is 1. The number of rotatable bonds is 10. The Morgan fingerprint density at radius 1 is 1.32 bits per heavy atom. The predicted molar refractivity (Wildman–Crippen MR) is 125 cm³/mol. The molecule has 0 saturated carbocycles. The fourth-order valence-corrected chi connectivity index (χ4v) is 4.92. The molecule has 6 atom stereocenters. The second kappa shape index (κ2) is 11.8. The lowest BCUT2D eigenvalue weighted by Crippen LogP contribution is -2.37. The summed E-state index contributed by atoms with van der Waals surface area (Å²) < 4.78 is 49.6. The van der Waals surface area contributed by atoms with Crippen molar-refractivity contribution >= 4 is 13.7 Å². The highest BCUT2D eigenvalue weighted by Gasteiger charge is 2.47. The summed E-state index contributed by atoms with van der Waals surface area (Å²) in [6.45, 7) is 4.04. The average Bonchev–Trinajstić information content (AvgIpc) is 3.15. The maximum Gasteiger partial charge on any atom is 0.459 e. The number of aliphatic hydroxyl groups excluding tert-OH is 1. The number of aliphatic hydroxyl groups is 1. The van der Waals surface area contributed by atoms with Gasteiger partial charge in [-0.1, -0.05) is 18.2 Å². The maximum absolute atomic E-state index is 13.8. The van der Waals surface area contributed by atoms with Crippen molar-refractivity contribution in [1.29, 1.82) is 5.26 Å². The summed E-state index contributed by atoms with van der Waals surface area (Å²) in [5.41, 5.74) is -2.33. The van der Waals surface area contributed by atoms with Gasteiger partial charge in [0.05, 0.1) is 25.0 Å². The zero-order valence-electron chi connectivity index (χ0n) is 20.1. The minimum absolute atomic E-state index is 0.138. The van der Waals surface area contributed by atoms with E-state index in [-0.39, 0.29) is 5.75 Å². The molecule has 1 saturated heterocycles. The number of nitrogens with one attached hydrogen (secondary N) is 2. The number of aromatic nitrogens is 2. The molecule has 3 N–H and O–H groups in total. The fourth-order valence-electron chi connectivity index (χ4n) is 3.42. The van der Waals surface area contributed by atoms with Gasteiger partial charge in [0.1, 0.15) is 29.9 Å². The summed E-state index contributed by atoms with van der Waals surface area (Å²) in [6, 6.07) is 8.56. The summed E-state index contributed by atoms with van der Waals surface area (Å²) in [5.74, 6) is -3.27. The topological polar surface area (TPSA) is 182 Å². The van der Waals surface area contributed by atoms with Crippen LogP contribution in [0.5, 0.6) is 5.75 Å². The Kier molecular flexibility index (Phi) is 9.01. The van der Waals surface area contributed by atoms with E-state index in [0.29, 0.717) is 10.8 Å². The van der Waals surface area contributed by atoms with Crippen LogP contribution in [0.2, 0.25) is 0 Å². The molecule has 1 aliphatic heterocycles. The summed E-state index contributed by atoms with van der Waals surface area (Å²) in [5, 5.41) is 22.6. The number of carbonyl (C=O) groups is 1. The van der Waals surface area contributed by atoms with E-state index >= 15 is 0 Å². The van der Waals surface area contributed by atoms with Gasteiger partial charge in [0.2, 0.25) is 5.82 Å². The van der Waals surface area contributed by atoms with Crippen molar-refractivity contribution in [3.8, 4) is 11.8 Å². The van der Waals surface area contributed by atoms with Gasteiger partial charge < -0.3 is 19.1 Å². The number of halogens is 1. The number of ether oxygens (including phenoxy) is 2. The van der Waals surface area contributed by atoms with Gasteiger partial charge in [-0.15, -0.1) is 0 Å². The van der Waals surface area contributed by atoms with Crippen LogP contribution in [-0.4, -0.2) is 51.6 Å². The van der Waals surface area contributed by atoms with Crippen molar-refractivity contribution < 1.29 is 37.4 Å². The summed E-state index contributed by atoms with van der Waals surface area (Å²) in [6.07, 6.45) is -4.27. The molecule has 37 heavy (non-hydrogen) atoms. The van der Waals surface area contributed by atoms with Crippen molar-refractivity contribution in [1.82, 2.24) is 14.6 Å². The zero-order chi connectivity index (χ0) is 27.3. The van der Waals surface area contributed by atoms with Crippen LogP contribution in [0.1, 0.15) is 27.0 Å². The molecular formula is C22H26FN4O9P. The molecule has 0 unspecified atom stereocenters. The van der Waals surface area contributed by atoms with Crippen LogP contribution in [0, 0.1) is 23.1 Å². The van der Waals surface area contributed by atoms with Crippen molar-refractivity contribution in [2.75, 3.05) is 6.61 Å². The van der Waals surface area contributed by atoms with Crippen LogP contribution >= 0.6 is 7.75 Å². The number of hydrogen-bond acceptors (Lipinski definition) is 10. The molecule has 1 fully saturated rings. The number of aromatic amines is 1. The smallest absolute Gasteiger partial charge is 0.459 e. The number of esters is 1. The lowest BCUT2D eigenvalue weighted by molar-refractivity contribution is -0.149. The first-order valence-electron chi connectivity index (χ1n) is 11.2. The molecule has 1 aromatic heterocycles. The molecule has 1 aromatic carbocycles. The Morgan fingerprint density at radius 2 is 2.00 bits per heavy atom. The van der Waals surface area contributed by atoms with E-state index in [1.165, 1.54) is 19.1 Å². The SMILES string of the molecule is CC(C)OC(=O)[C@@H](C)N[P@](=O)(OC[C@H]1O[C@@H](n2cc(F)c(=O)[nH]c2=O)[C@H](C#N)[C@@H]1O)Oc1ccccc1. The second-order valence-electron chi connectivity index (χ2n) is 8.39. The highest BCUT2D eigenvalue weighted by Crippen LogP contribution is 2.46. The molecule has 0 bridgehead atoms. The minimum atomic E-state index is -4.32. The van der Waals surface area contributed by atoms with Gasteiger partial charge in [-0.25, -0.2) is 9.36 Å². The Morgan fingerprint density at radius 3 is 2.62 bits per heavy atom. The van der Waals surface area contributed by atoms with Crippen LogP contribution < -0.4 is 20.9 Å². The molecule has 0 aliphatic carbocycles. The predicted octanol–water partition coefficient (Wildman–Crippen LogP) is 1.21. The van der Waals surface area contributed by atoms with Crippen molar-refractivity contribution in [3.05, 3.63) is 63.2 Å². The monoisotopic (exact) mass is 540 g/mol. The lowest BCUT2D eigenvalue weighted by atomic mass is 10.0. The van der Waals surface area contributed by atoms with Crippen LogP contribution in [-0.2, 0) is 23.4 Å². The minimum Gasteiger partial charge on any atom is -0.462 e. The van der Waals surface area contributed by atoms with Gasteiger partial charge in [0, 0.05) is 0 Å². The van der Waals surface area contributed by atoms with E-state index in [9.17, 15) is 33.7 Å². The first-order chi connectivity index (χ1) is 17.4. The molecule has 200 valence electrons. The van der Waals surface area contributed by atoms with Gasteiger partial charge in [-0.3, -0.25) is 23.7 Å². The van der Waals surface area contributed by atoms with E-state index in [1.807, 2.05) is 0 Å². The van der Waals surface area contributed by atoms with Crippen LogP contribution in [0.15, 0.2) is 46.1 Å². The van der Waals surface area contributed by atoms with E-state index in [1.54, 1.807) is 43.1 Å². The number of H-pyrrole nitrogens is 1. The normalized spacial score (nSPS) is 23.7. The maximum atomic E-state index is 13.8. The summed E-state index contributed by atoms with van der Waals surface area (Å²) in [7, 11) is -4.32. The molecule has 13 nitrogen and oxygen atoms in total. The summed E-state index contributed by atoms with van der Waals surface area (Å²) in [4.78, 5) is 37.5. The first kappa shape index (κ1) is 28.2. The fraction of sp³-hybridized carbons (Fsp3) is 0.455. The highest BCUT2D eigenvalue weighted by atomic mass is 31.2. The number of benzene rings is 1. The van der Waals surface area contributed by atoms with Gasteiger partial charge in [0.15, 0.2) is 6.23 Å². The largest absolute Gasteiger partial charge is 0.462 e. The Labute approximate surface area is 210 Å². The van der Waals surface area contributed by atoms with E-state index in [0.717, 1.165) is 0 Å². The second-order valence-corrected chi connectivity index (χ2v) is 10.1. The van der Waals surface area contributed by atoms with Crippen molar-refractivity contribution in [2.45, 2.75) is 51.4 Å². The molecule has 2 aromatic rings. The molecule has 0 radical (unpaired) electrons. The highest BCUT2D eigenvalue weighted by molar-refractivity contribution is 7.52. The average molecular weight is 540 g/mol. The van der Waals surface area contributed by atoms with Crippen LogP contribution in [0.3, 0.4) is 0 Å². The number of carbonyl (C=O) groups excluding carboxylic acids is 1. The quantitative estimate of drug-likeness (QED) is 0.291. The first-order valence-corrected chi connectivity index (χ1v) is 12.7. The third-order valence-electron chi connectivity index (χ3n) is 5.15. The van der Waals surface area contributed by atoms with Crippen molar-refractivity contribution in [3.63, 3.8) is 0 Å². The zero-order valence-corrected chi connectivity index (χ0v) is 21.0. The van der Waals surface area contributed by atoms with Crippen molar-refractivity contribution in [2.24, 2.45) is 5.92 Å². The van der Waals surface area contributed by atoms with Crippen LogP contribution in [0.4, 0.5) is 4.39 Å². The van der Waals surface area contributed by atoms with E-state index in [2.05, 4.69) is 5.09 Å². The van der Waals surface area contributed by atoms with Crippen LogP contribution in [0.25, 0.3) is 0 Å². The number of hydrogen-bond donors (Lipinski definition) is 3. The number of para-hydroxylation sites is 1. The molecule has 1 aliphatic rings. The number of nitrogens with zero attached hydrogens (tertiary/aromatic N) is 2. The Balaban J connectivity index is 1.81. The standard InChI is InChI=1S/C22H26FN4O9P/c1-12(2)34-21(30)13(3)26-37(32,36-14-7-5-4-6-8-14)33-11-17-18(28)15(9-24)20(35-17)27-10-16(23)19(29)25-22(27)31/h4-8,10,12-13,15,17-18,20,28H,11H2,1-3H3,(H,26,32)(H,25,29,31)/t13-,15-,17-,18+,20-,37+/m1/s1. The van der Waals surface area contributed by atoms with E-state index in [4.69, 9.17) is 18.5 Å². The Hall–Kier alpha value is -3.34. The van der Waals surface area contributed by atoms with Gasteiger partial charge in [-0.2, -0.15) is 14.7 Å².